The van der Waals surface area contributed by atoms with Gasteiger partial charge in [0.05, 0.1) is 17.4 Å². The van der Waals surface area contributed by atoms with E-state index in [4.69, 9.17) is 0 Å². The van der Waals surface area contributed by atoms with Crippen LogP contribution in [0.5, 0.6) is 0 Å². The molecule has 1 aliphatic heterocycles. The van der Waals surface area contributed by atoms with Gasteiger partial charge >= 0.3 is 0 Å². The van der Waals surface area contributed by atoms with Crippen LogP contribution in [0.25, 0.3) is 10.9 Å². The number of rotatable bonds is 3. The number of nitrogens with one attached hydrogen (secondary N) is 2. The molecule has 0 unspecified atom stereocenters. The molecule has 0 atom stereocenters. The molecule has 1 amide bonds. The third-order valence-electron chi connectivity index (χ3n) is 4.80. The molecule has 5 nitrogen and oxygen atoms in total. The Labute approximate surface area is 157 Å². The van der Waals surface area contributed by atoms with Crippen LogP contribution in [-0.4, -0.2) is 28.9 Å². The fraction of sp³-hybridized carbons (Fsp3) is 0.200. The van der Waals surface area contributed by atoms with E-state index in [0.717, 1.165) is 12.1 Å². The molecule has 8 heteroatoms. The summed E-state index contributed by atoms with van der Waals surface area (Å²) in [6.07, 6.45) is 0.403. The maximum absolute atomic E-state index is 14.1. The van der Waals surface area contributed by atoms with E-state index in [0.29, 0.717) is 29.9 Å². The Balaban J connectivity index is 1.55. The number of amides is 1. The minimum Gasteiger partial charge on any atom is -0.355 e. The van der Waals surface area contributed by atoms with Crippen LogP contribution < -0.4 is 10.7 Å². The highest BCUT2D eigenvalue weighted by atomic mass is 19.1. The number of carbonyl (C=O) groups is 1. The molecule has 2 heterocycles. The van der Waals surface area contributed by atoms with E-state index in [2.05, 4.69) is 10.3 Å². The van der Waals surface area contributed by atoms with Gasteiger partial charge in [-0.2, -0.15) is 0 Å². The molecule has 1 aromatic heterocycles. The fourth-order valence-corrected chi connectivity index (χ4v) is 3.44. The zero-order valence-electron chi connectivity index (χ0n) is 14.7. The number of halogens is 3. The molecule has 0 fully saturated rings. The summed E-state index contributed by atoms with van der Waals surface area (Å²) in [7, 11) is 0. The molecule has 0 spiro atoms. The van der Waals surface area contributed by atoms with Crippen LogP contribution in [-0.2, 0) is 17.8 Å². The summed E-state index contributed by atoms with van der Waals surface area (Å²) in [5.41, 5.74) is 0.649. The maximum Gasteiger partial charge on any atom is 0.238 e. The molecule has 2 N–H and O–H groups in total. The molecule has 4 rings (SSSR count). The van der Waals surface area contributed by atoms with Gasteiger partial charge in [-0.15, -0.1) is 0 Å². The second kappa shape index (κ2) is 7.12. The molecule has 28 heavy (non-hydrogen) atoms. The lowest BCUT2D eigenvalue weighted by Crippen LogP contribution is -2.39. The first kappa shape index (κ1) is 18.2. The Morgan fingerprint density at radius 3 is 2.54 bits per heavy atom. The standard InChI is InChI=1S/C20H16F3N3O2/c21-11-1-3-12(4-2-11)24-17(27)10-26-8-7-16-13(9-26)20(28)18-14(22)5-6-15(23)19(18)25-16/h1-6H,7-10H2,(H,24,27)(H,25,28). The number of nitrogens with zero attached hydrogens (tertiary/aromatic N) is 1. The number of carbonyl (C=O) groups excluding carboxylic acids is 1. The van der Waals surface area contributed by atoms with Crippen LogP contribution in [0.2, 0.25) is 0 Å². The van der Waals surface area contributed by atoms with E-state index < -0.39 is 22.9 Å². The van der Waals surface area contributed by atoms with Crippen LogP contribution >= 0.6 is 0 Å². The van der Waals surface area contributed by atoms with Gasteiger partial charge in [0, 0.05) is 36.5 Å². The zero-order valence-corrected chi connectivity index (χ0v) is 14.7. The highest BCUT2D eigenvalue weighted by Crippen LogP contribution is 2.22. The van der Waals surface area contributed by atoms with Crippen LogP contribution in [0, 0.1) is 17.5 Å². The predicted octanol–water partition coefficient (Wildman–Crippen LogP) is 2.94. The third-order valence-corrected chi connectivity index (χ3v) is 4.80. The average molecular weight is 387 g/mol. The van der Waals surface area contributed by atoms with Crippen molar-refractivity contribution in [2.75, 3.05) is 18.4 Å². The molecule has 3 aromatic rings. The first-order chi connectivity index (χ1) is 13.4. The highest BCUT2D eigenvalue weighted by Gasteiger charge is 2.24. The lowest BCUT2D eigenvalue weighted by atomic mass is 10.0. The summed E-state index contributed by atoms with van der Waals surface area (Å²) >= 11 is 0. The molecule has 0 saturated heterocycles. The molecule has 0 saturated carbocycles. The van der Waals surface area contributed by atoms with Crippen molar-refractivity contribution in [1.29, 1.82) is 0 Å². The van der Waals surface area contributed by atoms with Gasteiger partial charge in [-0.05, 0) is 36.4 Å². The van der Waals surface area contributed by atoms with E-state index in [1.54, 1.807) is 4.90 Å². The normalized spacial score (nSPS) is 14.1. The number of pyridine rings is 1. The minimum absolute atomic E-state index is 0.0138. The van der Waals surface area contributed by atoms with Gasteiger partial charge in [0.15, 0.2) is 5.43 Å². The molecule has 1 aliphatic rings. The maximum atomic E-state index is 14.1. The van der Waals surface area contributed by atoms with E-state index in [-0.39, 0.29) is 29.9 Å². The van der Waals surface area contributed by atoms with Gasteiger partial charge < -0.3 is 10.3 Å². The van der Waals surface area contributed by atoms with Gasteiger partial charge in [-0.1, -0.05) is 0 Å². The van der Waals surface area contributed by atoms with Crippen LogP contribution in [0.15, 0.2) is 41.2 Å². The van der Waals surface area contributed by atoms with Gasteiger partial charge in [-0.25, -0.2) is 13.2 Å². The monoisotopic (exact) mass is 387 g/mol. The Kier molecular flexibility index (Phi) is 4.64. The first-order valence-electron chi connectivity index (χ1n) is 8.72. The number of aromatic nitrogens is 1. The van der Waals surface area contributed by atoms with E-state index in [1.807, 2.05) is 0 Å². The molecule has 144 valence electrons. The van der Waals surface area contributed by atoms with Crippen molar-refractivity contribution in [2.45, 2.75) is 13.0 Å². The molecule has 0 aliphatic carbocycles. The Morgan fingerprint density at radius 2 is 1.79 bits per heavy atom. The van der Waals surface area contributed by atoms with Gasteiger partial charge in [0.1, 0.15) is 17.5 Å². The number of fused-ring (bicyclic) bond motifs is 2. The van der Waals surface area contributed by atoms with Crippen molar-refractivity contribution in [3.63, 3.8) is 0 Å². The van der Waals surface area contributed by atoms with Crippen molar-refractivity contribution in [3.05, 3.63) is 75.3 Å². The van der Waals surface area contributed by atoms with Crippen molar-refractivity contribution in [2.24, 2.45) is 0 Å². The minimum atomic E-state index is -0.786. The second-order valence-electron chi connectivity index (χ2n) is 6.71. The predicted molar refractivity (Wildman–Crippen MR) is 98.5 cm³/mol. The van der Waals surface area contributed by atoms with Crippen molar-refractivity contribution < 1.29 is 18.0 Å². The lowest BCUT2D eigenvalue weighted by molar-refractivity contribution is -0.117. The van der Waals surface area contributed by atoms with Crippen LogP contribution in [0.3, 0.4) is 0 Å². The van der Waals surface area contributed by atoms with Crippen molar-refractivity contribution >= 4 is 22.5 Å². The Morgan fingerprint density at radius 1 is 1.07 bits per heavy atom. The van der Waals surface area contributed by atoms with Crippen LogP contribution in [0.1, 0.15) is 11.3 Å². The number of hydrogen-bond donors (Lipinski definition) is 2. The largest absolute Gasteiger partial charge is 0.355 e. The molecular weight excluding hydrogens is 371 g/mol. The van der Waals surface area contributed by atoms with Gasteiger partial charge in [-0.3, -0.25) is 14.5 Å². The number of aromatic amines is 1. The summed E-state index contributed by atoms with van der Waals surface area (Å²) in [5, 5.41) is 2.35. The summed E-state index contributed by atoms with van der Waals surface area (Å²) < 4.78 is 41.0. The zero-order chi connectivity index (χ0) is 19.8. The number of H-pyrrole nitrogens is 1. The highest BCUT2D eigenvalue weighted by molar-refractivity contribution is 5.92. The fourth-order valence-electron chi connectivity index (χ4n) is 3.44. The van der Waals surface area contributed by atoms with E-state index >= 15 is 0 Å². The summed E-state index contributed by atoms with van der Waals surface area (Å²) in [6.45, 7) is 0.634. The van der Waals surface area contributed by atoms with Crippen molar-refractivity contribution in [1.82, 2.24) is 9.88 Å². The first-order valence-corrected chi connectivity index (χ1v) is 8.72. The van der Waals surface area contributed by atoms with E-state index in [9.17, 15) is 22.8 Å². The molecular formula is C20H16F3N3O2. The third kappa shape index (κ3) is 3.38. The Bertz CT molecular complexity index is 1130. The smallest absolute Gasteiger partial charge is 0.238 e. The number of hydrogen-bond acceptors (Lipinski definition) is 3. The molecule has 2 aromatic carbocycles. The second-order valence-corrected chi connectivity index (χ2v) is 6.71. The SMILES string of the molecule is O=C(CN1CCc2[nH]c3c(F)ccc(F)c3c(=O)c2C1)Nc1ccc(F)cc1. The topological polar surface area (TPSA) is 65.2 Å². The number of benzene rings is 2. The summed E-state index contributed by atoms with van der Waals surface area (Å²) in [4.78, 5) is 29.5. The average Bonchev–Trinajstić information content (AvgIpc) is 2.67. The van der Waals surface area contributed by atoms with Crippen molar-refractivity contribution in [3.8, 4) is 0 Å². The lowest BCUT2D eigenvalue weighted by Gasteiger charge is -2.28. The van der Waals surface area contributed by atoms with Gasteiger partial charge in [0.25, 0.3) is 0 Å². The summed E-state index contributed by atoms with van der Waals surface area (Å²) in [5.74, 6) is -2.19. The number of anilines is 1. The molecule has 0 radical (unpaired) electrons. The van der Waals surface area contributed by atoms with E-state index in [1.165, 1.54) is 24.3 Å². The van der Waals surface area contributed by atoms with Gasteiger partial charge in [0.2, 0.25) is 5.91 Å². The summed E-state index contributed by atoms with van der Waals surface area (Å²) in [6, 6.07) is 7.29. The molecule has 0 bridgehead atoms. The Hall–Kier alpha value is -3.13. The van der Waals surface area contributed by atoms with Crippen LogP contribution in [0.4, 0.5) is 18.9 Å². The quantitative estimate of drug-likeness (QED) is 0.726.